The smallest absolute Gasteiger partial charge is 0.0651 e. The van der Waals surface area contributed by atoms with Crippen molar-refractivity contribution in [2.24, 2.45) is 0 Å². The van der Waals surface area contributed by atoms with E-state index in [4.69, 9.17) is 4.74 Å². The first kappa shape index (κ1) is 9.66. The van der Waals surface area contributed by atoms with Gasteiger partial charge >= 0.3 is 0 Å². The molecule has 0 aromatic rings. The lowest BCUT2D eigenvalue weighted by molar-refractivity contribution is 0.183. The molecular weight excluding hydrogens is 126 g/mol. The van der Waals surface area contributed by atoms with Crippen LogP contribution in [0.4, 0.5) is 0 Å². The van der Waals surface area contributed by atoms with Gasteiger partial charge in [-0.25, -0.2) is 0 Å². The molecule has 1 unspecified atom stereocenters. The van der Waals surface area contributed by atoms with Gasteiger partial charge in [0.1, 0.15) is 0 Å². The monoisotopic (exact) mass is 143 g/mol. The Bertz CT molecular complexity index is 106. The molecule has 0 spiro atoms. The molecule has 0 aliphatic carbocycles. The lowest BCUT2D eigenvalue weighted by Gasteiger charge is -2.10. The van der Waals surface area contributed by atoms with E-state index >= 15 is 0 Å². The van der Waals surface area contributed by atoms with Crippen molar-refractivity contribution in [2.75, 3.05) is 20.8 Å². The Balaban J connectivity index is 3.71. The maximum atomic E-state index is 4.99. The second-order valence-electron chi connectivity index (χ2n) is 2.59. The number of rotatable bonds is 4. The third-order valence-corrected chi connectivity index (χ3v) is 1.25. The Kier molecular flexibility index (Phi) is 5.26. The summed E-state index contributed by atoms with van der Waals surface area (Å²) in [7, 11) is 3.65. The Morgan fingerprint density at radius 1 is 1.60 bits per heavy atom. The number of hydrogen-bond donors (Lipinski definition) is 1. The second kappa shape index (κ2) is 5.45. The molecule has 0 radical (unpaired) electrons. The quantitative estimate of drug-likeness (QED) is 0.597. The van der Waals surface area contributed by atoms with Gasteiger partial charge in [-0.1, -0.05) is 11.6 Å². The van der Waals surface area contributed by atoms with Gasteiger partial charge in [-0.05, 0) is 20.9 Å². The molecule has 0 aliphatic heterocycles. The van der Waals surface area contributed by atoms with Crippen LogP contribution in [0.25, 0.3) is 0 Å². The average molecular weight is 143 g/mol. The molecule has 0 aromatic heterocycles. The summed E-state index contributed by atoms with van der Waals surface area (Å²) in [6, 6.07) is 0.356. The second-order valence-corrected chi connectivity index (χ2v) is 2.59. The van der Waals surface area contributed by atoms with E-state index < -0.39 is 0 Å². The summed E-state index contributed by atoms with van der Waals surface area (Å²) in [5.41, 5.74) is 1.32. The van der Waals surface area contributed by atoms with Gasteiger partial charge in [0.2, 0.25) is 0 Å². The fraction of sp³-hybridized carbons (Fsp3) is 0.750. The van der Waals surface area contributed by atoms with Crippen LogP contribution in [-0.4, -0.2) is 26.8 Å². The van der Waals surface area contributed by atoms with Crippen molar-refractivity contribution in [1.82, 2.24) is 5.32 Å². The number of ether oxygens (including phenoxy) is 1. The lowest BCUT2D eigenvalue weighted by Crippen LogP contribution is -2.27. The van der Waals surface area contributed by atoms with Crippen LogP contribution in [0.15, 0.2) is 11.6 Å². The van der Waals surface area contributed by atoms with Gasteiger partial charge in [0.15, 0.2) is 0 Å². The van der Waals surface area contributed by atoms with Crippen molar-refractivity contribution in [2.45, 2.75) is 19.9 Å². The normalized spacial score (nSPS) is 12.8. The Morgan fingerprint density at radius 3 is 2.50 bits per heavy atom. The first-order chi connectivity index (χ1) is 4.70. The van der Waals surface area contributed by atoms with E-state index in [-0.39, 0.29) is 0 Å². The molecule has 0 saturated heterocycles. The number of methoxy groups -OCH3 is 1. The fourth-order valence-electron chi connectivity index (χ4n) is 0.797. The highest BCUT2D eigenvalue weighted by Crippen LogP contribution is 1.93. The number of allylic oxidation sites excluding steroid dienone is 1. The van der Waals surface area contributed by atoms with Gasteiger partial charge in [-0.3, -0.25) is 0 Å². The van der Waals surface area contributed by atoms with Gasteiger partial charge in [0, 0.05) is 13.2 Å². The highest BCUT2D eigenvalue weighted by molar-refractivity contribution is 5.00. The molecule has 0 amide bonds. The molecule has 0 aromatic carbocycles. The summed E-state index contributed by atoms with van der Waals surface area (Å²) in [4.78, 5) is 0. The molecule has 1 atom stereocenters. The Hall–Kier alpha value is -0.340. The molecule has 1 N–H and O–H groups in total. The average Bonchev–Trinajstić information content (AvgIpc) is 1.86. The number of nitrogens with one attached hydrogen (secondary N) is 1. The van der Waals surface area contributed by atoms with Gasteiger partial charge in [0.05, 0.1) is 6.61 Å². The minimum absolute atomic E-state index is 0.356. The molecule has 0 aliphatic rings. The molecule has 0 rings (SSSR count). The van der Waals surface area contributed by atoms with Crippen molar-refractivity contribution in [3.63, 3.8) is 0 Å². The molecule has 0 heterocycles. The van der Waals surface area contributed by atoms with Gasteiger partial charge in [-0.15, -0.1) is 0 Å². The van der Waals surface area contributed by atoms with Crippen LogP contribution in [0, 0.1) is 0 Å². The minimum Gasteiger partial charge on any atom is -0.383 e. The van der Waals surface area contributed by atoms with Crippen molar-refractivity contribution in [1.29, 1.82) is 0 Å². The van der Waals surface area contributed by atoms with Crippen LogP contribution in [-0.2, 0) is 4.74 Å². The zero-order valence-corrected chi connectivity index (χ0v) is 7.27. The predicted molar refractivity (Wildman–Crippen MR) is 44.2 cm³/mol. The van der Waals surface area contributed by atoms with Crippen LogP contribution < -0.4 is 5.32 Å². The summed E-state index contributed by atoms with van der Waals surface area (Å²) >= 11 is 0. The van der Waals surface area contributed by atoms with Gasteiger partial charge < -0.3 is 10.1 Å². The van der Waals surface area contributed by atoms with E-state index in [2.05, 4.69) is 25.2 Å². The van der Waals surface area contributed by atoms with Crippen LogP contribution in [0.2, 0.25) is 0 Å². The van der Waals surface area contributed by atoms with E-state index in [0.29, 0.717) is 6.04 Å². The molecule has 60 valence electrons. The van der Waals surface area contributed by atoms with Crippen molar-refractivity contribution in [3.05, 3.63) is 11.6 Å². The fourth-order valence-corrected chi connectivity index (χ4v) is 0.797. The van der Waals surface area contributed by atoms with Crippen LogP contribution in [0.5, 0.6) is 0 Å². The molecule has 0 bridgehead atoms. The molecule has 2 heteroatoms. The molecule has 10 heavy (non-hydrogen) atoms. The summed E-state index contributed by atoms with van der Waals surface area (Å²) in [6.07, 6.45) is 2.16. The standard InChI is InChI=1S/C8H17NO/c1-7(2)5-8(9-3)6-10-4/h5,8-9H,6H2,1-4H3. The zero-order valence-electron chi connectivity index (χ0n) is 7.27. The maximum absolute atomic E-state index is 4.99. The molecule has 0 fully saturated rings. The Labute approximate surface area is 63.3 Å². The summed E-state index contributed by atoms with van der Waals surface area (Å²) < 4.78 is 4.99. The highest BCUT2D eigenvalue weighted by Gasteiger charge is 1.98. The number of hydrogen-bond acceptors (Lipinski definition) is 2. The van der Waals surface area contributed by atoms with Crippen molar-refractivity contribution < 1.29 is 4.74 Å². The summed E-state index contributed by atoms with van der Waals surface area (Å²) in [5, 5.41) is 3.13. The van der Waals surface area contributed by atoms with E-state index in [1.807, 2.05) is 7.05 Å². The largest absolute Gasteiger partial charge is 0.383 e. The van der Waals surface area contributed by atoms with E-state index in [9.17, 15) is 0 Å². The van der Waals surface area contributed by atoms with Gasteiger partial charge in [0.25, 0.3) is 0 Å². The van der Waals surface area contributed by atoms with Crippen molar-refractivity contribution in [3.8, 4) is 0 Å². The van der Waals surface area contributed by atoms with Crippen LogP contribution in [0.3, 0.4) is 0 Å². The minimum atomic E-state index is 0.356. The molecular formula is C8H17NO. The van der Waals surface area contributed by atoms with E-state index in [1.165, 1.54) is 5.57 Å². The van der Waals surface area contributed by atoms with Crippen LogP contribution >= 0.6 is 0 Å². The van der Waals surface area contributed by atoms with E-state index in [0.717, 1.165) is 6.61 Å². The topological polar surface area (TPSA) is 21.3 Å². The summed E-state index contributed by atoms with van der Waals surface area (Å²) in [5.74, 6) is 0. The first-order valence-electron chi connectivity index (χ1n) is 3.52. The third kappa shape index (κ3) is 4.53. The SMILES string of the molecule is CNC(C=C(C)C)COC. The molecule has 0 saturated carbocycles. The summed E-state index contributed by atoms with van der Waals surface area (Å²) in [6.45, 7) is 4.90. The van der Waals surface area contributed by atoms with Crippen molar-refractivity contribution >= 4 is 0 Å². The third-order valence-electron chi connectivity index (χ3n) is 1.25. The number of likely N-dealkylation sites (N-methyl/N-ethyl adjacent to an activating group) is 1. The van der Waals surface area contributed by atoms with Gasteiger partial charge in [-0.2, -0.15) is 0 Å². The Morgan fingerprint density at radius 2 is 2.20 bits per heavy atom. The van der Waals surface area contributed by atoms with Crippen LogP contribution in [0.1, 0.15) is 13.8 Å². The predicted octanol–water partition coefficient (Wildman–Crippen LogP) is 1.19. The van der Waals surface area contributed by atoms with E-state index in [1.54, 1.807) is 7.11 Å². The molecule has 2 nitrogen and oxygen atoms in total. The first-order valence-corrected chi connectivity index (χ1v) is 3.52. The zero-order chi connectivity index (χ0) is 7.98. The lowest BCUT2D eigenvalue weighted by atomic mass is 10.2. The highest BCUT2D eigenvalue weighted by atomic mass is 16.5. The maximum Gasteiger partial charge on any atom is 0.0651 e.